The second-order valence-corrected chi connectivity index (χ2v) is 19.2. The summed E-state index contributed by atoms with van der Waals surface area (Å²) in [4.78, 5) is 9.76. The Morgan fingerprint density at radius 2 is 0.761 bits per heavy atom. The van der Waals surface area contributed by atoms with Crippen LogP contribution in [0.1, 0.15) is 0 Å². The summed E-state index contributed by atoms with van der Waals surface area (Å²) < 4.78 is 4.27. The van der Waals surface area contributed by atoms with Crippen molar-refractivity contribution in [2.75, 3.05) is 23.0 Å². The first-order valence-electron chi connectivity index (χ1n) is 13.9. The van der Waals surface area contributed by atoms with Gasteiger partial charge < -0.3 is 0 Å². The molecule has 0 amide bonds. The number of hydrogen-bond donors (Lipinski definition) is 0. The molecule has 0 atom stereocenters. The van der Waals surface area contributed by atoms with Gasteiger partial charge in [-0.05, 0) is 137 Å². The van der Waals surface area contributed by atoms with E-state index in [4.69, 9.17) is 0 Å². The van der Waals surface area contributed by atoms with Gasteiger partial charge in [0.25, 0.3) is 0 Å². The summed E-state index contributed by atoms with van der Waals surface area (Å²) >= 11 is 25.9. The Morgan fingerprint density at radius 3 is 1.15 bits per heavy atom. The van der Waals surface area contributed by atoms with Crippen molar-refractivity contribution in [1.82, 2.24) is 0 Å². The van der Waals surface area contributed by atoms with Gasteiger partial charge in [-0.25, -0.2) is 0 Å². The molecule has 0 aliphatic rings. The molecule has 4 rings (SSSR count). The standard InChI is InChI=1S/C36H30Br4S6/c1-3-17-41-25-9-13-27(14-10-25)45-28-15-11-26(12-16-28)43-19-7-5-6-8-20-44-30-23-33(39)36(34(40)24-30)46-35-31(37)21-29(22-32(35)38)42-18-4-2/h3-16,21-24H,1-2,17-20H2/b7-5+,8-6-. The second-order valence-electron chi connectivity index (χ2n) is 9.26. The zero-order chi connectivity index (χ0) is 32.7. The van der Waals surface area contributed by atoms with Crippen LogP contribution < -0.4 is 0 Å². The molecule has 0 aromatic heterocycles. The van der Waals surface area contributed by atoms with Gasteiger partial charge in [0, 0.05) is 80.1 Å². The van der Waals surface area contributed by atoms with E-state index >= 15 is 0 Å². The van der Waals surface area contributed by atoms with Crippen LogP contribution in [0.3, 0.4) is 0 Å². The highest BCUT2D eigenvalue weighted by atomic mass is 79.9. The fourth-order valence-electron chi connectivity index (χ4n) is 3.75. The normalized spacial score (nSPS) is 11.5. The lowest BCUT2D eigenvalue weighted by atomic mass is 10.4. The van der Waals surface area contributed by atoms with Gasteiger partial charge in [0.1, 0.15) is 0 Å². The lowest BCUT2D eigenvalue weighted by Gasteiger charge is -2.13. The zero-order valence-electron chi connectivity index (χ0n) is 24.6. The number of rotatable bonds is 17. The van der Waals surface area contributed by atoms with Gasteiger partial charge in [-0.2, -0.15) is 0 Å². The van der Waals surface area contributed by atoms with Crippen LogP contribution in [0.25, 0.3) is 0 Å². The fourth-order valence-corrected chi connectivity index (χ4v) is 12.2. The van der Waals surface area contributed by atoms with E-state index in [0.29, 0.717) is 0 Å². The van der Waals surface area contributed by atoms with E-state index < -0.39 is 0 Å². The molecule has 4 aromatic carbocycles. The van der Waals surface area contributed by atoms with Gasteiger partial charge in [0.05, 0.1) is 0 Å². The largest absolute Gasteiger partial charge is 0.122 e. The van der Waals surface area contributed by atoms with E-state index in [2.05, 4.69) is 174 Å². The third-order valence-corrected chi connectivity index (χ3v) is 15.6. The van der Waals surface area contributed by atoms with Crippen LogP contribution in [0, 0.1) is 0 Å². The molecule has 0 N–H and O–H groups in total. The first-order valence-corrected chi connectivity index (χ1v) is 22.7. The Kier molecular flexibility index (Phi) is 17.8. The molecule has 10 heteroatoms. The Morgan fingerprint density at radius 1 is 0.435 bits per heavy atom. The first-order chi connectivity index (χ1) is 22.4. The SMILES string of the molecule is C=CCSc1ccc(Sc2ccc(SC/C=C/C=C\CSc3cc(Br)c(Sc4c(Br)cc(SCC=C)cc4Br)c(Br)c3)cc2)cc1. The van der Waals surface area contributed by atoms with Crippen LogP contribution in [-0.2, 0) is 0 Å². The summed E-state index contributed by atoms with van der Waals surface area (Å²) in [5.41, 5.74) is 0. The third-order valence-electron chi connectivity index (χ3n) is 5.84. The molecule has 0 spiro atoms. The van der Waals surface area contributed by atoms with Crippen LogP contribution in [0.2, 0.25) is 0 Å². The molecule has 0 aliphatic heterocycles. The van der Waals surface area contributed by atoms with Crippen LogP contribution >= 0.6 is 134 Å². The number of benzene rings is 4. The van der Waals surface area contributed by atoms with Crippen molar-refractivity contribution in [1.29, 1.82) is 0 Å². The maximum atomic E-state index is 3.81. The molecule has 238 valence electrons. The van der Waals surface area contributed by atoms with E-state index in [1.54, 1.807) is 47.0 Å². The van der Waals surface area contributed by atoms with E-state index in [-0.39, 0.29) is 0 Å². The van der Waals surface area contributed by atoms with Crippen LogP contribution in [0.15, 0.2) is 179 Å². The number of hydrogen-bond acceptors (Lipinski definition) is 6. The maximum absolute atomic E-state index is 3.81. The highest BCUT2D eigenvalue weighted by Gasteiger charge is 2.15. The molecule has 0 aliphatic carbocycles. The summed E-state index contributed by atoms with van der Waals surface area (Å²) in [5.74, 6) is 3.66. The number of allylic oxidation sites excluding steroid dienone is 2. The first kappa shape index (κ1) is 38.7. The maximum Gasteiger partial charge on any atom is 0.0408 e. The summed E-state index contributed by atoms with van der Waals surface area (Å²) in [6.45, 7) is 7.60. The van der Waals surface area contributed by atoms with Gasteiger partial charge >= 0.3 is 0 Å². The van der Waals surface area contributed by atoms with Gasteiger partial charge in [-0.3, -0.25) is 0 Å². The topological polar surface area (TPSA) is 0 Å². The molecule has 0 saturated heterocycles. The summed E-state index contributed by atoms with van der Waals surface area (Å²) in [5, 5.41) is 0. The molecule has 0 heterocycles. The van der Waals surface area contributed by atoms with Crippen molar-refractivity contribution in [3.8, 4) is 0 Å². The molecule has 0 saturated carbocycles. The molecule has 4 aromatic rings. The lowest BCUT2D eigenvalue weighted by Crippen LogP contribution is -1.86. The summed E-state index contributed by atoms with van der Waals surface area (Å²) in [6, 6.07) is 26.3. The molecule has 0 bridgehead atoms. The molecule has 0 nitrogen and oxygen atoms in total. The van der Waals surface area contributed by atoms with Crippen molar-refractivity contribution in [2.45, 2.75) is 39.2 Å². The van der Waals surface area contributed by atoms with Gasteiger partial charge in [-0.1, -0.05) is 60.0 Å². The lowest BCUT2D eigenvalue weighted by molar-refractivity contribution is 1.23. The smallest absolute Gasteiger partial charge is 0.0408 e. The van der Waals surface area contributed by atoms with E-state index in [1.807, 2.05) is 35.7 Å². The zero-order valence-corrected chi connectivity index (χ0v) is 35.8. The Hall–Kier alpha value is -0.140. The predicted molar refractivity (Wildman–Crippen MR) is 226 cm³/mol. The van der Waals surface area contributed by atoms with Crippen molar-refractivity contribution in [3.05, 3.63) is 140 Å². The number of halogens is 4. The van der Waals surface area contributed by atoms with Crippen molar-refractivity contribution in [3.63, 3.8) is 0 Å². The van der Waals surface area contributed by atoms with E-state index in [0.717, 1.165) is 50.7 Å². The fraction of sp³-hybridized carbons (Fsp3) is 0.111. The monoisotopic (exact) mass is 970 g/mol. The molecular formula is C36H30Br4S6. The van der Waals surface area contributed by atoms with Crippen molar-refractivity contribution >= 4 is 134 Å². The van der Waals surface area contributed by atoms with Crippen LogP contribution in [0.4, 0.5) is 0 Å². The van der Waals surface area contributed by atoms with Gasteiger partial charge in [-0.15, -0.1) is 60.2 Å². The molecular weight excluding hydrogens is 944 g/mol. The van der Waals surface area contributed by atoms with Crippen molar-refractivity contribution < 1.29 is 0 Å². The Bertz CT molecular complexity index is 1620. The highest BCUT2D eigenvalue weighted by molar-refractivity contribution is 9.11. The molecule has 0 fully saturated rings. The second kappa shape index (κ2) is 21.2. The third kappa shape index (κ3) is 13.0. The average Bonchev–Trinajstić information content (AvgIpc) is 3.04. The minimum atomic E-state index is 0.884. The molecule has 0 unspecified atom stereocenters. The summed E-state index contributed by atoms with van der Waals surface area (Å²) in [6.07, 6.45) is 12.5. The van der Waals surface area contributed by atoms with Crippen LogP contribution in [0.5, 0.6) is 0 Å². The van der Waals surface area contributed by atoms with Gasteiger partial charge in [0.2, 0.25) is 0 Å². The quantitative estimate of drug-likeness (QED) is 0.0583. The number of thioether (sulfide) groups is 4. The summed E-state index contributed by atoms with van der Waals surface area (Å²) in [7, 11) is 0. The van der Waals surface area contributed by atoms with Gasteiger partial charge in [0.15, 0.2) is 0 Å². The van der Waals surface area contributed by atoms with E-state index in [9.17, 15) is 0 Å². The van der Waals surface area contributed by atoms with E-state index in [1.165, 1.54) is 29.4 Å². The highest BCUT2D eigenvalue weighted by Crippen LogP contribution is 2.47. The Labute approximate surface area is 332 Å². The van der Waals surface area contributed by atoms with Crippen molar-refractivity contribution in [2.24, 2.45) is 0 Å². The van der Waals surface area contributed by atoms with Crippen LogP contribution in [-0.4, -0.2) is 23.0 Å². The minimum Gasteiger partial charge on any atom is -0.122 e. The molecule has 0 radical (unpaired) electrons. The molecule has 46 heavy (non-hydrogen) atoms. The average molecular weight is 975 g/mol. The predicted octanol–water partition coefficient (Wildman–Crippen LogP) is 15.6. The minimum absolute atomic E-state index is 0.884. The Balaban J connectivity index is 1.20.